The first-order chi connectivity index (χ1) is 11.4. The van der Waals surface area contributed by atoms with Gasteiger partial charge >= 0.3 is 6.09 Å². The van der Waals surface area contributed by atoms with Crippen molar-refractivity contribution in [3.8, 4) is 5.69 Å². The Kier molecular flexibility index (Phi) is 4.32. The van der Waals surface area contributed by atoms with E-state index in [2.05, 4.69) is 5.10 Å². The van der Waals surface area contributed by atoms with Crippen LogP contribution >= 0.6 is 0 Å². The predicted molar refractivity (Wildman–Crippen MR) is 91.4 cm³/mol. The second-order valence-electron chi connectivity index (χ2n) is 6.97. The van der Waals surface area contributed by atoms with Gasteiger partial charge in [0.25, 0.3) is 0 Å². The van der Waals surface area contributed by atoms with Crippen LogP contribution in [0.2, 0.25) is 0 Å². The number of anilines is 1. The van der Waals surface area contributed by atoms with Crippen LogP contribution in [0.3, 0.4) is 0 Å². The number of aryl methyl sites for hydroxylation is 1. The molecular formula is C18H23N3O3. The standard InChI is InChI=1S/C18H23N3O3/c1-18(2,3)24-17(23)20-10-4-5-15-16(20)11-21(19-15)14-8-6-13(12-22)7-9-14/h6-9,11,22H,4-5,10,12H2,1-3H3. The summed E-state index contributed by atoms with van der Waals surface area (Å²) in [5.74, 6) is 0. The molecule has 2 heterocycles. The SMILES string of the molecule is CC(C)(C)OC(=O)N1CCCc2nn(-c3ccc(CO)cc3)cc21. The van der Waals surface area contributed by atoms with E-state index in [-0.39, 0.29) is 12.7 Å². The van der Waals surface area contributed by atoms with Crippen molar-refractivity contribution in [3.63, 3.8) is 0 Å². The van der Waals surface area contributed by atoms with Crippen LogP contribution in [0.1, 0.15) is 38.4 Å². The van der Waals surface area contributed by atoms with Gasteiger partial charge in [-0.15, -0.1) is 0 Å². The van der Waals surface area contributed by atoms with Crippen molar-refractivity contribution in [2.45, 2.75) is 45.8 Å². The number of aromatic nitrogens is 2. The van der Waals surface area contributed by atoms with E-state index >= 15 is 0 Å². The van der Waals surface area contributed by atoms with Gasteiger partial charge in [0.15, 0.2) is 0 Å². The monoisotopic (exact) mass is 329 g/mol. The van der Waals surface area contributed by atoms with Gasteiger partial charge in [-0.25, -0.2) is 9.48 Å². The maximum atomic E-state index is 12.4. The average molecular weight is 329 g/mol. The molecular weight excluding hydrogens is 306 g/mol. The molecule has 0 atom stereocenters. The summed E-state index contributed by atoms with van der Waals surface area (Å²) in [5, 5.41) is 13.8. The van der Waals surface area contributed by atoms with Gasteiger partial charge in [-0.1, -0.05) is 12.1 Å². The molecule has 0 radical (unpaired) electrons. The smallest absolute Gasteiger partial charge is 0.414 e. The van der Waals surface area contributed by atoms with Crippen LogP contribution in [0.5, 0.6) is 0 Å². The maximum Gasteiger partial charge on any atom is 0.414 e. The number of ether oxygens (including phenoxy) is 1. The second-order valence-corrected chi connectivity index (χ2v) is 6.97. The van der Waals surface area contributed by atoms with Crippen molar-refractivity contribution >= 4 is 11.8 Å². The van der Waals surface area contributed by atoms with Gasteiger partial charge in [-0.05, 0) is 51.3 Å². The predicted octanol–water partition coefficient (Wildman–Crippen LogP) is 3.05. The fraction of sp³-hybridized carbons (Fsp3) is 0.444. The normalized spacial score (nSPS) is 14.4. The van der Waals surface area contributed by atoms with Crippen LogP contribution in [0, 0.1) is 0 Å². The molecule has 0 bridgehead atoms. The van der Waals surface area contributed by atoms with Gasteiger partial charge in [0.05, 0.1) is 29.9 Å². The number of fused-ring (bicyclic) bond motifs is 1. The molecule has 1 aliphatic rings. The maximum absolute atomic E-state index is 12.4. The van der Waals surface area contributed by atoms with Gasteiger partial charge in [-0.2, -0.15) is 5.10 Å². The fourth-order valence-corrected chi connectivity index (χ4v) is 2.72. The Balaban J connectivity index is 1.88. The highest BCUT2D eigenvalue weighted by Crippen LogP contribution is 2.29. The highest BCUT2D eigenvalue weighted by molar-refractivity contribution is 5.89. The first-order valence-electron chi connectivity index (χ1n) is 8.16. The lowest BCUT2D eigenvalue weighted by atomic mass is 10.1. The molecule has 0 fully saturated rings. The lowest BCUT2D eigenvalue weighted by Crippen LogP contribution is -2.39. The van der Waals surface area contributed by atoms with Gasteiger partial charge in [0.1, 0.15) is 5.60 Å². The molecule has 6 heteroatoms. The summed E-state index contributed by atoms with van der Waals surface area (Å²) in [4.78, 5) is 14.1. The quantitative estimate of drug-likeness (QED) is 0.919. The van der Waals surface area contributed by atoms with Crippen LogP contribution in [0.15, 0.2) is 30.5 Å². The molecule has 0 aliphatic carbocycles. The second kappa shape index (κ2) is 6.28. The number of benzene rings is 1. The van der Waals surface area contributed by atoms with Gasteiger partial charge in [0, 0.05) is 6.54 Å². The molecule has 1 amide bonds. The molecule has 24 heavy (non-hydrogen) atoms. The van der Waals surface area contributed by atoms with Crippen molar-refractivity contribution < 1.29 is 14.6 Å². The Hall–Kier alpha value is -2.34. The number of aliphatic hydroxyl groups is 1. The number of amides is 1. The molecule has 6 nitrogen and oxygen atoms in total. The number of carbonyl (C=O) groups excluding carboxylic acids is 1. The third-order valence-corrected chi connectivity index (χ3v) is 3.85. The van der Waals surface area contributed by atoms with Crippen LogP contribution in [0.25, 0.3) is 5.69 Å². The summed E-state index contributed by atoms with van der Waals surface area (Å²) in [6.07, 6.45) is 3.24. The highest BCUT2D eigenvalue weighted by atomic mass is 16.6. The Morgan fingerprint density at radius 1 is 1.29 bits per heavy atom. The zero-order chi connectivity index (χ0) is 17.3. The summed E-state index contributed by atoms with van der Waals surface area (Å²) in [6, 6.07) is 7.53. The summed E-state index contributed by atoms with van der Waals surface area (Å²) < 4.78 is 7.27. The van der Waals surface area contributed by atoms with Crippen LogP contribution < -0.4 is 4.90 Å². The van der Waals surface area contributed by atoms with Gasteiger partial charge < -0.3 is 9.84 Å². The summed E-state index contributed by atoms with van der Waals surface area (Å²) in [5.41, 5.74) is 2.93. The molecule has 1 aromatic carbocycles. The zero-order valence-electron chi connectivity index (χ0n) is 14.3. The van der Waals surface area contributed by atoms with Gasteiger partial charge in [-0.3, -0.25) is 4.90 Å². The molecule has 128 valence electrons. The molecule has 0 saturated carbocycles. The van der Waals surface area contributed by atoms with E-state index in [4.69, 9.17) is 9.84 Å². The van der Waals surface area contributed by atoms with E-state index in [1.165, 1.54) is 0 Å². The molecule has 0 spiro atoms. The molecule has 2 aromatic rings. The summed E-state index contributed by atoms with van der Waals surface area (Å²) >= 11 is 0. The minimum atomic E-state index is -0.523. The number of hydrogen-bond donors (Lipinski definition) is 1. The first kappa shape index (κ1) is 16.5. The van der Waals surface area contributed by atoms with E-state index in [9.17, 15) is 4.79 Å². The van der Waals surface area contributed by atoms with Gasteiger partial charge in [0.2, 0.25) is 0 Å². The summed E-state index contributed by atoms with van der Waals surface area (Å²) in [6.45, 7) is 6.24. The van der Waals surface area contributed by atoms with Crippen LogP contribution in [-0.2, 0) is 17.8 Å². The molecule has 1 aliphatic heterocycles. The van der Waals surface area contributed by atoms with Crippen molar-refractivity contribution in [2.75, 3.05) is 11.4 Å². The topological polar surface area (TPSA) is 67.6 Å². The first-order valence-corrected chi connectivity index (χ1v) is 8.16. The Labute approximate surface area is 141 Å². The Morgan fingerprint density at radius 2 is 2.00 bits per heavy atom. The third kappa shape index (κ3) is 3.43. The fourth-order valence-electron chi connectivity index (χ4n) is 2.72. The van der Waals surface area contributed by atoms with Crippen molar-refractivity contribution in [3.05, 3.63) is 41.7 Å². The number of carbonyl (C=O) groups is 1. The van der Waals surface area contributed by atoms with E-state index < -0.39 is 5.60 Å². The lowest BCUT2D eigenvalue weighted by molar-refractivity contribution is 0.0578. The minimum absolute atomic E-state index is 0.0162. The third-order valence-electron chi connectivity index (χ3n) is 3.85. The highest BCUT2D eigenvalue weighted by Gasteiger charge is 2.29. The lowest BCUT2D eigenvalue weighted by Gasteiger charge is -2.29. The van der Waals surface area contributed by atoms with E-state index in [1.807, 2.05) is 51.2 Å². The van der Waals surface area contributed by atoms with E-state index in [0.29, 0.717) is 6.54 Å². The Morgan fingerprint density at radius 3 is 2.62 bits per heavy atom. The molecule has 3 rings (SSSR count). The van der Waals surface area contributed by atoms with E-state index in [1.54, 1.807) is 9.58 Å². The number of hydrogen-bond acceptors (Lipinski definition) is 4. The largest absolute Gasteiger partial charge is 0.443 e. The molecule has 1 N–H and O–H groups in total. The van der Waals surface area contributed by atoms with Crippen LogP contribution in [-0.4, -0.2) is 33.1 Å². The summed E-state index contributed by atoms with van der Waals surface area (Å²) in [7, 11) is 0. The molecule has 0 unspecified atom stereocenters. The van der Waals surface area contributed by atoms with Crippen molar-refractivity contribution in [1.29, 1.82) is 0 Å². The van der Waals surface area contributed by atoms with E-state index in [0.717, 1.165) is 35.5 Å². The van der Waals surface area contributed by atoms with Crippen LogP contribution in [0.4, 0.5) is 10.5 Å². The number of aliphatic hydroxyl groups excluding tert-OH is 1. The molecule has 0 saturated heterocycles. The number of rotatable bonds is 2. The minimum Gasteiger partial charge on any atom is -0.443 e. The Bertz CT molecular complexity index is 729. The van der Waals surface area contributed by atoms with Crippen molar-refractivity contribution in [1.82, 2.24) is 9.78 Å². The van der Waals surface area contributed by atoms with Crippen molar-refractivity contribution in [2.24, 2.45) is 0 Å². The average Bonchev–Trinajstić information content (AvgIpc) is 2.97. The zero-order valence-corrected chi connectivity index (χ0v) is 14.3. The number of nitrogens with zero attached hydrogens (tertiary/aromatic N) is 3. The molecule has 1 aromatic heterocycles.